The van der Waals surface area contributed by atoms with Crippen LogP contribution in [-0.4, -0.2) is 34.8 Å². The average Bonchev–Trinajstić information content (AvgIpc) is 3.22. The molecule has 4 aromatic rings. The van der Waals surface area contributed by atoms with Gasteiger partial charge in [-0.05, 0) is 48.5 Å². The molecule has 11 heteroatoms. The standard InChI is InChI=1S/C22H18ClN5O3S2/c23-16-6-10-18(11-7-16)28-21(15-4-2-1-3-5-15)26-27-22(28)32-14-20(29)25-17-8-12-19(13-9-17)33(24,30)31/h1-13H,14H2,(H,25,29)(H2,24,30,31). The van der Waals surface area contributed by atoms with Gasteiger partial charge in [-0.15, -0.1) is 10.2 Å². The molecule has 1 amide bonds. The first-order valence-electron chi connectivity index (χ1n) is 9.63. The van der Waals surface area contributed by atoms with E-state index < -0.39 is 10.0 Å². The van der Waals surface area contributed by atoms with Crippen LogP contribution in [0.5, 0.6) is 0 Å². The van der Waals surface area contributed by atoms with Gasteiger partial charge in [-0.2, -0.15) is 0 Å². The van der Waals surface area contributed by atoms with E-state index in [1.54, 1.807) is 12.1 Å². The Morgan fingerprint density at radius 1 is 0.970 bits per heavy atom. The predicted molar refractivity (Wildman–Crippen MR) is 129 cm³/mol. The highest BCUT2D eigenvalue weighted by molar-refractivity contribution is 7.99. The van der Waals surface area contributed by atoms with Crippen LogP contribution in [0.25, 0.3) is 17.1 Å². The smallest absolute Gasteiger partial charge is 0.238 e. The number of nitrogens with one attached hydrogen (secondary N) is 1. The summed E-state index contributed by atoms with van der Waals surface area (Å²) in [6.07, 6.45) is 0. The number of primary sulfonamides is 1. The van der Waals surface area contributed by atoms with Crippen LogP contribution in [0, 0.1) is 0 Å². The van der Waals surface area contributed by atoms with Gasteiger partial charge in [0.15, 0.2) is 11.0 Å². The maximum Gasteiger partial charge on any atom is 0.238 e. The Labute approximate surface area is 199 Å². The number of hydrogen-bond acceptors (Lipinski definition) is 6. The van der Waals surface area contributed by atoms with Crippen molar-refractivity contribution in [1.82, 2.24) is 14.8 Å². The summed E-state index contributed by atoms with van der Waals surface area (Å²) in [7, 11) is -3.79. The van der Waals surface area contributed by atoms with Crippen molar-refractivity contribution < 1.29 is 13.2 Å². The Hall–Kier alpha value is -3.18. The lowest BCUT2D eigenvalue weighted by molar-refractivity contribution is -0.113. The van der Waals surface area contributed by atoms with Crippen molar-refractivity contribution >= 4 is 45.0 Å². The van der Waals surface area contributed by atoms with Gasteiger partial charge in [0, 0.05) is 22.0 Å². The van der Waals surface area contributed by atoms with Gasteiger partial charge < -0.3 is 5.32 Å². The van der Waals surface area contributed by atoms with Crippen LogP contribution in [-0.2, 0) is 14.8 Å². The van der Waals surface area contributed by atoms with E-state index in [2.05, 4.69) is 15.5 Å². The molecule has 0 atom stereocenters. The Kier molecular flexibility index (Phi) is 6.80. The van der Waals surface area contributed by atoms with Gasteiger partial charge >= 0.3 is 0 Å². The molecule has 0 fully saturated rings. The third kappa shape index (κ3) is 5.60. The van der Waals surface area contributed by atoms with Gasteiger partial charge in [0.1, 0.15) is 0 Å². The largest absolute Gasteiger partial charge is 0.325 e. The van der Waals surface area contributed by atoms with Gasteiger partial charge in [-0.25, -0.2) is 13.6 Å². The Morgan fingerprint density at radius 3 is 2.27 bits per heavy atom. The molecule has 0 radical (unpaired) electrons. The first-order valence-corrected chi connectivity index (χ1v) is 12.5. The molecule has 1 heterocycles. The topological polar surface area (TPSA) is 120 Å². The van der Waals surface area contributed by atoms with Gasteiger partial charge in [-0.3, -0.25) is 9.36 Å². The summed E-state index contributed by atoms with van der Waals surface area (Å²) in [4.78, 5) is 12.5. The van der Waals surface area contributed by atoms with Crippen molar-refractivity contribution in [3.05, 3.63) is 83.9 Å². The fourth-order valence-electron chi connectivity index (χ4n) is 3.02. The summed E-state index contributed by atoms with van der Waals surface area (Å²) in [5, 5.41) is 17.6. The first-order chi connectivity index (χ1) is 15.8. The third-order valence-electron chi connectivity index (χ3n) is 4.55. The first kappa shape index (κ1) is 23.0. The van der Waals surface area contributed by atoms with Crippen molar-refractivity contribution in [3.8, 4) is 17.1 Å². The van der Waals surface area contributed by atoms with E-state index in [4.69, 9.17) is 16.7 Å². The monoisotopic (exact) mass is 499 g/mol. The van der Waals surface area contributed by atoms with E-state index in [1.165, 1.54) is 36.0 Å². The number of carbonyl (C=O) groups excluding carboxylic acids is 1. The van der Waals surface area contributed by atoms with E-state index >= 15 is 0 Å². The summed E-state index contributed by atoms with van der Waals surface area (Å²) in [6, 6.07) is 22.5. The number of aromatic nitrogens is 3. The number of anilines is 1. The van der Waals surface area contributed by atoms with E-state index in [0.29, 0.717) is 21.7 Å². The summed E-state index contributed by atoms with van der Waals surface area (Å²) in [5.74, 6) is 0.423. The number of hydrogen-bond donors (Lipinski definition) is 2. The van der Waals surface area contributed by atoms with E-state index in [9.17, 15) is 13.2 Å². The minimum atomic E-state index is -3.79. The van der Waals surface area contributed by atoms with E-state index in [-0.39, 0.29) is 16.6 Å². The van der Waals surface area contributed by atoms with Gasteiger partial charge in [0.2, 0.25) is 15.9 Å². The highest BCUT2D eigenvalue weighted by atomic mass is 35.5. The predicted octanol–water partition coefficient (Wildman–Crippen LogP) is 3.97. The zero-order valence-corrected chi connectivity index (χ0v) is 19.4. The molecule has 3 aromatic carbocycles. The molecule has 4 rings (SSSR count). The van der Waals surface area contributed by atoms with Gasteiger partial charge in [0.25, 0.3) is 0 Å². The van der Waals surface area contributed by atoms with Crippen molar-refractivity contribution in [2.45, 2.75) is 10.1 Å². The molecule has 0 aliphatic heterocycles. The summed E-state index contributed by atoms with van der Waals surface area (Å²) in [5.41, 5.74) is 2.15. The molecule has 0 aliphatic carbocycles. The Morgan fingerprint density at radius 2 is 1.64 bits per heavy atom. The third-order valence-corrected chi connectivity index (χ3v) is 6.66. The normalized spacial score (nSPS) is 11.3. The fourth-order valence-corrected chi connectivity index (χ4v) is 4.41. The van der Waals surface area contributed by atoms with Crippen molar-refractivity contribution in [1.29, 1.82) is 0 Å². The van der Waals surface area contributed by atoms with Gasteiger partial charge in [0.05, 0.1) is 10.6 Å². The molecule has 0 aliphatic rings. The molecule has 33 heavy (non-hydrogen) atoms. The van der Waals surface area contributed by atoms with Crippen LogP contribution in [0.2, 0.25) is 5.02 Å². The molecule has 3 N–H and O–H groups in total. The number of sulfonamides is 1. The lowest BCUT2D eigenvalue weighted by Crippen LogP contribution is -2.15. The van der Waals surface area contributed by atoms with E-state index in [1.807, 2.05) is 47.0 Å². The lowest BCUT2D eigenvalue weighted by atomic mass is 10.2. The summed E-state index contributed by atoms with van der Waals surface area (Å²) < 4.78 is 24.6. The molecule has 0 saturated heterocycles. The highest BCUT2D eigenvalue weighted by Crippen LogP contribution is 2.28. The van der Waals surface area contributed by atoms with Crippen molar-refractivity contribution in [2.75, 3.05) is 11.1 Å². The van der Waals surface area contributed by atoms with Crippen LogP contribution >= 0.6 is 23.4 Å². The maximum absolute atomic E-state index is 12.5. The zero-order chi connectivity index (χ0) is 23.4. The Balaban J connectivity index is 1.54. The lowest BCUT2D eigenvalue weighted by Gasteiger charge is -2.11. The van der Waals surface area contributed by atoms with Gasteiger partial charge in [-0.1, -0.05) is 53.7 Å². The molecule has 0 spiro atoms. The minimum Gasteiger partial charge on any atom is -0.325 e. The molecule has 0 bridgehead atoms. The van der Waals surface area contributed by atoms with Crippen molar-refractivity contribution in [2.24, 2.45) is 5.14 Å². The fraction of sp³-hybridized carbons (Fsp3) is 0.0455. The van der Waals surface area contributed by atoms with Crippen LogP contribution in [0.3, 0.4) is 0 Å². The second kappa shape index (κ2) is 9.75. The number of rotatable bonds is 7. The van der Waals surface area contributed by atoms with Crippen LogP contribution in [0.4, 0.5) is 5.69 Å². The molecule has 0 saturated carbocycles. The summed E-state index contributed by atoms with van der Waals surface area (Å²) >= 11 is 7.27. The number of amides is 1. The molecular weight excluding hydrogens is 482 g/mol. The number of thioether (sulfide) groups is 1. The molecule has 168 valence electrons. The molecule has 1 aromatic heterocycles. The van der Waals surface area contributed by atoms with Crippen LogP contribution < -0.4 is 10.5 Å². The number of halogens is 1. The SMILES string of the molecule is NS(=O)(=O)c1ccc(NC(=O)CSc2nnc(-c3ccccc3)n2-c2ccc(Cl)cc2)cc1. The van der Waals surface area contributed by atoms with Crippen LogP contribution in [0.1, 0.15) is 0 Å². The zero-order valence-electron chi connectivity index (χ0n) is 17.1. The number of carbonyl (C=O) groups is 1. The second-order valence-corrected chi connectivity index (χ2v) is 9.83. The number of benzene rings is 3. The summed E-state index contributed by atoms with van der Waals surface area (Å²) in [6.45, 7) is 0. The van der Waals surface area contributed by atoms with Crippen molar-refractivity contribution in [3.63, 3.8) is 0 Å². The molecule has 0 unspecified atom stereocenters. The van der Waals surface area contributed by atoms with Crippen LogP contribution in [0.15, 0.2) is 88.9 Å². The number of nitrogens with zero attached hydrogens (tertiary/aromatic N) is 3. The number of nitrogens with two attached hydrogens (primary N) is 1. The molecule has 8 nitrogen and oxygen atoms in total. The average molecular weight is 500 g/mol. The minimum absolute atomic E-state index is 0.0284. The maximum atomic E-state index is 12.5. The Bertz CT molecular complexity index is 1370. The second-order valence-electron chi connectivity index (χ2n) is 6.89. The molecular formula is C22H18ClN5O3S2. The quantitative estimate of drug-likeness (QED) is 0.371. The highest BCUT2D eigenvalue weighted by Gasteiger charge is 2.17. The van der Waals surface area contributed by atoms with E-state index in [0.717, 1.165) is 11.3 Å².